The van der Waals surface area contributed by atoms with Gasteiger partial charge in [0.05, 0.1) is 18.6 Å². The maximum absolute atomic E-state index is 10.9. The van der Waals surface area contributed by atoms with Crippen molar-refractivity contribution in [2.24, 2.45) is 0 Å². The average Bonchev–Trinajstić information content (AvgIpc) is 2.96. The molecule has 1 aliphatic rings. The summed E-state index contributed by atoms with van der Waals surface area (Å²) in [5.41, 5.74) is -0.0233. The zero-order chi connectivity index (χ0) is 14.4. The van der Waals surface area contributed by atoms with Crippen molar-refractivity contribution in [2.45, 2.75) is 31.7 Å². The number of benzene rings is 1. The second-order valence-electron chi connectivity index (χ2n) is 4.87. The highest BCUT2D eigenvalue weighted by Crippen LogP contribution is 2.31. The summed E-state index contributed by atoms with van der Waals surface area (Å²) in [5.74, 6) is 0.830. The number of nitrogens with one attached hydrogen (secondary N) is 1. The Kier molecular flexibility index (Phi) is 5.17. The maximum atomic E-state index is 10.9. The first-order valence-electron chi connectivity index (χ1n) is 6.89. The maximum Gasteiger partial charge on any atom is 0.311 e. The van der Waals surface area contributed by atoms with Gasteiger partial charge in [0.15, 0.2) is 0 Å². The van der Waals surface area contributed by atoms with Gasteiger partial charge in [0.25, 0.3) is 0 Å². The van der Waals surface area contributed by atoms with Gasteiger partial charge in [-0.05, 0) is 38.3 Å². The summed E-state index contributed by atoms with van der Waals surface area (Å²) >= 11 is 0. The van der Waals surface area contributed by atoms with Crippen LogP contribution in [0, 0.1) is 10.1 Å². The average molecular weight is 280 g/mol. The van der Waals surface area contributed by atoms with E-state index in [4.69, 9.17) is 9.47 Å². The molecule has 1 N–H and O–H groups in total. The monoisotopic (exact) mass is 280 g/mol. The second kappa shape index (κ2) is 7.09. The summed E-state index contributed by atoms with van der Waals surface area (Å²) < 4.78 is 10.6. The van der Waals surface area contributed by atoms with E-state index < -0.39 is 4.92 Å². The number of nitro groups is 1. The van der Waals surface area contributed by atoms with E-state index in [-0.39, 0.29) is 11.4 Å². The quantitative estimate of drug-likeness (QED) is 0.472. The number of hydrogen-bond donors (Lipinski definition) is 1. The van der Waals surface area contributed by atoms with Crippen LogP contribution in [0.15, 0.2) is 18.2 Å². The molecule has 1 heterocycles. The molecule has 1 unspecified atom stereocenters. The molecule has 0 spiro atoms. The highest BCUT2D eigenvalue weighted by molar-refractivity contribution is 5.50. The van der Waals surface area contributed by atoms with E-state index in [2.05, 4.69) is 5.32 Å². The van der Waals surface area contributed by atoms with Crippen molar-refractivity contribution in [3.63, 3.8) is 0 Å². The number of methoxy groups -OCH3 is 1. The van der Waals surface area contributed by atoms with Crippen LogP contribution in [0.5, 0.6) is 11.5 Å². The topological polar surface area (TPSA) is 73.6 Å². The summed E-state index contributed by atoms with van der Waals surface area (Å²) in [6.07, 6.45) is 4.36. The molecule has 20 heavy (non-hydrogen) atoms. The van der Waals surface area contributed by atoms with E-state index in [9.17, 15) is 10.1 Å². The highest BCUT2D eigenvalue weighted by atomic mass is 16.6. The molecule has 1 fully saturated rings. The number of ether oxygens (including phenoxy) is 2. The van der Waals surface area contributed by atoms with Crippen LogP contribution in [0.1, 0.15) is 25.7 Å². The molecule has 0 saturated carbocycles. The van der Waals surface area contributed by atoms with Gasteiger partial charge in [-0.3, -0.25) is 10.1 Å². The molecule has 110 valence electrons. The first kappa shape index (κ1) is 14.6. The fourth-order valence-corrected chi connectivity index (χ4v) is 2.40. The van der Waals surface area contributed by atoms with Crippen molar-refractivity contribution in [3.8, 4) is 11.5 Å². The lowest BCUT2D eigenvalue weighted by atomic mass is 10.1. The van der Waals surface area contributed by atoms with E-state index in [0.29, 0.717) is 18.4 Å². The molecule has 2 rings (SSSR count). The first-order valence-corrected chi connectivity index (χ1v) is 6.89. The Hall–Kier alpha value is -1.82. The summed E-state index contributed by atoms with van der Waals surface area (Å²) in [4.78, 5) is 10.5. The summed E-state index contributed by atoms with van der Waals surface area (Å²) in [6.45, 7) is 1.57. The zero-order valence-electron chi connectivity index (χ0n) is 11.6. The smallest absolute Gasteiger partial charge is 0.311 e. The van der Waals surface area contributed by atoms with Gasteiger partial charge in [-0.1, -0.05) is 0 Å². The summed E-state index contributed by atoms with van der Waals surface area (Å²) in [6, 6.07) is 5.10. The van der Waals surface area contributed by atoms with Gasteiger partial charge >= 0.3 is 5.69 Å². The fourth-order valence-electron chi connectivity index (χ4n) is 2.40. The van der Waals surface area contributed by atoms with Gasteiger partial charge in [-0.25, -0.2) is 0 Å². The minimum Gasteiger partial charge on any atom is -0.497 e. The Morgan fingerprint density at radius 2 is 2.35 bits per heavy atom. The molecule has 0 amide bonds. The molecular formula is C14H20N2O4. The first-order chi connectivity index (χ1) is 9.70. The summed E-state index contributed by atoms with van der Waals surface area (Å²) in [5, 5.41) is 14.4. The third-order valence-corrected chi connectivity index (χ3v) is 3.48. The lowest BCUT2D eigenvalue weighted by molar-refractivity contribution is -0.385. The van der Waals surface area contributed by atoms with Gasteiger partial charge in [0.1, 0.15) is 5.75 Å². The normalized spacial score (nSPS) is 17.9. The van der Waals surface area contributed by atoms with Crippen molar-refractivity contribution in [1.29, 1.82) is 0 Å². The minimum atomic E-state index is -0.437. The predicted molar refractivity (Wildman–Crippen MR) is 75.4 cm³/mol. The minimum absolute atomic E-state index is 0.0233. The fraction of sp³-hybridized carbons (Fsp3) is 0.571. The zero-order valence-corrected chi connectivity index (χ0v) is 11.6. The molecule has 0 radical (unpaired) electrons. The third kappa shape index (κ3) is 3.84. The van der Waals surface area contributed by atoms with E-state index in [1.165, 1.54) is 26.0 Å². The lowest BCUT2D eigenvalue weighted by Gasteiger charge is -2.11. The molecule has 1 atom stereocenters. The molecular weight excluding hydrogens is 260 g/mol. The van der Waals surface area contributed by atoms with Gasteiger partial charge in [0, 0.05) is 18.2 Å². The van der Waals surface area contributed by atoms with Crippen LogP contribution < -0.4 is 14.8 Å². The lowest BCUT2D eigenvalue weighted by Crippen LogP contribution is -2.21. The highest BCUT2D eigenvalue weighted by Gasteiger charge is 2.17. The van der Waals surface area contributed by atoms with Crippen LogP contribution in [0.3, 0.4) is 0 Å². The Bertz CT molecular complexity index is 458. The van der Waals surface area contributed by atoms with Crippen molar-refractivity contribution < 1.29 is 14.4 Å². The molecule has 0 bridgehead atoms. The van der Waals surface area contributed by atoms with E-state index in [0.717, 1.165) is 19.4 Å². The molecule has 1 aliphatic heterocycles. The van der Waals surface area contributed by atoms with Gasteiger partial charge in [-0.15, -0.1) is 0 Å². The summed E-state index contributed by atoms with van der Waals surface area (Å²) in [7, 11) is 1.52. The van der Waals surface area contributed by atoms with E-state index >= 15 is 0 Å². The van der Waals surface area contributed by atoms with Crippen LogP contribution >= 0.6 is 0 Å². The van der Waals surface area contributed by atoms with E-state index in [1.807, 2.05) is 0 Å². The van der Waals surface area contributed by atoms with Crippen molar-refractivity contribution in [2.75, 3.05) is 20.3 Å². The molecule has 1 aromatic carbocycles. The third-order valence-electron chi connectivity index (χ3n) is 3.48. The number of rotatable bonds is 7. The van der Waals surface area contributed by atoms with Crippen molar-refractivity contribution in [1.82, 2.24) is 5.32 Å². The molecule has 6 heteroatoms. The molecule has 1 saturated heterocycles. The van der Waals surface area contributed by atoms with E-state index in [1.54, 1.807) is 12.1 Å². The van der Waals surface area contributed by atoms with Gasteiger partial charge in [-0.2, -0.15) is 0 Å². The Morgan fingerprint density at radius 1 is 1.50 bits per heavy atom. The van der Waals surface area contributed by atoms with Crippen molar-refractivity contribution >= 4 is 5.69 Å². The SMILES string of the molecule is COc1ccc([N+](=O)[O-])c(OCCCC2CCCN2)c1. The second-order valence-corrected chi connectivity index (χ2v) is 4.87. The van der Waals surface area contributed by atoms with Crippen LogP contribution in [-0.2, 0) is 0 Å². The Morgan fingerprint density at radius 3 is 3.00 bits per heavy atom. The number of nitro benzene ring substituents is 1. The number of hydrogen-bond acceptors (Lipinski definition) is 5. The molecule has 6 nitrogen and oxygen atoms in total. The van der Waals surface area contributed by atoms with Crippen LogP contribution in [0.2, 0.25) is 0 Å². The van der Waals surface area contributed by atoms with Gasteiger partial charge < -0.3 is 14.8 Å². The molecule has 0 aliphatic carbocycles. The van der Waals surface area contributed by atoms with Crippen LogP contribution in [0.4, 0.5) is 5.69 Å². The Balaban J connectivity index is 1.88. The predicted octanol–water partition coefficient (Wildman–Crippen LogP) is 2.51. The largest absolute Gasteiger partial charge is 0.497 e. The van der Waals surface area contributed by atoms with Crippen LogP contribution in [0.25, 0.3) is 0 Å². The van der Waals surface area contributed by atoms with Crippen molar-refractivity contribution in [3.05, 3.63) is 28.3 Å². The Labute approximate surface area is 118 Å². The molecule has 1 aromatic rings. The standard InChI is InChI=1S/C14H20N2O4/c1-19-12-6-7-13(16(17)18)14(10-12)20-9-3-5-11-4-2-8-15-11/h6-7,10-11,15H,2-5,8-9H2,1H3. The number of nitrogens with zero attached hydrogens (tertiary/aromatic N) is 1. The molecule has 0 aromatic heterocycles. The van der Waals surface area contributed by atoms with Gasteiger partial charge in [0.2, 0.25) is 5.75 Å². The van der Waals surface area contributed by atoms with Crippen LogP contribution in [-0.4, -0.2) is 31.2 Å².